The second kappa shape index (κ2) is 12.4. The van der Waals surface area contributed by atoms with Gasteiger partial charge in [0, 0.05) is 13.1 Å². The van der Waals surface area contributed by atoms with Gasteiger partial charge in [-0.05, 0) is 43.4 Å². The Morgan fingerprint density at radius 1 is 1.11 bits per heavy atom. The summed E-state index contributed by atoms with van der Waals surface area (Å²) >= 11 is 0. The van der Waals surface area contributed by atoms with Gasteiger partial charge in [0.2, 0.25) is 10.0 Å². The number of alkyl carbamates (subject to hydrolysis) is 1. The third-order valence-corrected chi connectivity index (χ3v) is 9.73. The number of rotatable bonds is 11. The predicted molar refractivity (Wildman–Crippen MR) is 141 cm³/mol. The van der Waals surface area contributed by atoms with Crippen LogP contribution in [-0.2, 0) is 31.0 Å². The molecule has 1 fully saturated rings. The zero-order chi connectivity index (χ0) is 27.2. The maximum absolute atomic E-state index is 13.5. The molecule has 0 aliphatic carbocycles. The van der Waals surface area contributed by atoms with E-state index in [0.29, 0.717) is 0 Å². The number of hydrogen-bond donors (Lipinski definition) is 2. The Morgan fingerprint density at radius 2 is 1.76 bits per heavy atom. The molecule has 0 bridgehead atoms. The minimum Gasteiger partial charge on any atom is -0.445 e. The zero-order valence-electron chi connectivity index (χ0n) is 21.4. The minimum atomic E-state index is -3.91. The fourth-order valence-electron chi connectivity index (χ4n) is 4.22. The van der Waals surface area contributed by atoms with Gasteiger partial charge in [0.15, 0.2) is 9.84 Å². The molecule has 37 heavy (non-hydrogen) atoms. The predicted octanol–water partition coefficient (Wildman–Crippen LogP) is 2.53. The van der Waals surface area contributed by atoms with Crippen molar-refractivity contribution in [3.8, 4) is 0 Å². The van der Waals surface area contributed by atoms with E-state index in [1.165, 1.54) is 16.4 Å². The summed E-state index contributed by atoms with van der Waals surface area (Å²) in [5, 5.41) is 13.9. The fourth-order valence-corrected chi connectivity index (χ4v) is 7.43. The standard InChI is InChI=1S/C26H36N2O7S2/c1-19(2)16-28(37(33,34)23-11-9-20(3)10-12-23)17-25(29)24(15-21-7-5-4-6-8-21)27-26(30)35-22-13-14-36(31,32)18-22/h4-12,19,22,24-25,29H,13-18H2,1-3H3,(H,27,30)/t22-,24+,25-/m1/s1. The lowest BCUT2D eigenvalue weighted by Gasteiger charge is -2.30. The van der Waals surface area contributed by atoms with Crippen molar-refractivity contribution >= 4 is 26.0 Å². The highest BCUT2D eigenvalue weighted by atomic mass is 32.2. The molecule has 1 saturated heterocycles. The molecule has 1 heterocycles. The van der Waals surface area contributed by atoms with E-state index in [1.807, 2.05) is 51.1 Å². The van der Waals surface area contributed by atoms with Crippen LogP contribution in [0.3, 0.4) is 0 Å². The number of carbonyl (C=O) groups is 1. The summed E-state index contributed by atoms with van der Waals surface area (Å²) in [6.07, 6.45) is -2.42. The van der Waals surface area contributed by atoms with E-state index in [9.17, 15) is 26.7 Å². The molecule has 0 saturated carbocycles. The SMILES string of the molecule is Cc1ccc(S(=O)(=O)N(CC(C)C)C[C@@H](O)[C@H](Cc2ccccc2)NC(=O)O[C@@H]2CCS(=O)(=O)C2)cc1. The van der Waals surface area contributed by atoms with Gasteiger partial charge in [-0.15, -0.1) is 0 Å². The van der Waals surface area contributed by atoms with Gasteiger partial charge >= 0.3 is 6.09 Å². The van der Waals surface area contributed by atoms with Crippen LogP contribution < -0.4 is 5.32 Å². The summed E-state index contributed by atoms with van der Waals surface area (Å²) < 4.78 is 56.9. The Morgan fingerprint density at radius 3 is 2.32 bits per heavy atom. The average Bonchev–Trinajstić information content (AvgIpc) is 3.16. The smallest absolute Gasteiger partial charge is 0.407 e. The number of nitrogens with one attached hydrogen (secondary N) is 1. The Kier molecular flexibility index (Phi) is 9.74. The number of sulfonamides is 1. The van der Waals surface area contributed by atoms with Gasteiger partial charge in [0.05, 0.1) is 28.5 Å². The monoisotopic (exact) mass is 552 g/mol. The number of carbonyl (C=O) groups excluding carboxylic acids is 1. The molecule has 2 aromatic carbocycles. The summed E-state index contributed by atoms with van der Waals surface area (Å²) in [4.78, 5) is 12.8. The minimum absolute atomic E-state index is 0.0118. The molecule has 2 N–H and O–H groups in total. The van der Waals surface area contributed by atoms with Gasteiger partial charge in [-0.2, -0.15) is 4.31 Å². The number of hydrogen-bond acceptors (Lipinski definition) is 7. The van der Waals surface area contributed by atoms with Crippen molar-refractivity contribution in [1.29, 1.82) is 0 Å². The van der Waals surface area contributed by atoms with Crippen LogP contribution in [0.1, 0.15) is 31.4 Å². The summed E-state index contributed by atoms with van der Waals surface area (Å²) in [6.45, 7) is 5.57. The van der Waals surface area contributed by atoms with Gasteiger partial charge in [-0.1, -0.05) is 61.9 Å². The average molecular weight is 553 g/mol. The Balaban J connectivity index is 1.80. The quantitative estimate of drug-likeness (QED) is 0.438. The van der Waals surface area contributed by atoms with E-state index < -0.39 is 44.2 Å². The third-order valence-electron chi connectivity index (χ3n) is 6.15. The molecular weight excluding hydrogens is 516 g/mol. The lowest BCUT2D eigenvalue weighted by atomic mass is 10.0. The number of benzene rings is 2. The normalized spacial score (nSPS) is 19.0. The fraction of sp³-hybridized carbons (Fsp3) is 0.500. The van der Waals surface area contributed by atoms with Crippen LogP contribution >= 0.6 is 0 Å². The van der Waals surface area contributed by atoms with Crippen LogP contribution in [-0.4, -0.2) is 75.2 Å². The van der Waals surface area contributed by atoms with Crippen LogP contribution in [0.15, 0.2) is 59.5 Å². The van der Waals surface area contributed by atoms with Crippen molar-refractivity contribution in [3.63, 3.8) is 0 Å². The molecule has 1 aliphatic rings. The van der Waals surface area contributed by atoms with Crippen LogP contribution in [0.5, 0.6) is 0 Å². The number of aryl methyl sites for hydroxylation is 1. The summed E-state index contributed by atoms with van der Waals surface area (Å²) in [5.41, 5.74) is 1.75. The van der Waals surface area contributed by atoms with Crippen molar-refractivity contribution in [2.24, 2.45) is 5.92 Å². The van der Waals surface area contributed by atoms with Gasteiger partial charge in [0.1, 0.15) is 6.10 Å². The second-order valence-corrected chi connectivity index (χ2v) is 14.1. The third kappa shape index (κ3) is 8.53. The first-order valence-electron chi connectivity index (χ1n) is 12.3. The molecule has 0 spiro atoms. The summed E-state index contributed by atoms with van der Waals surface area (Å²) in [5.74, 6) is -0.284. The van der Waals surface area contributed by atoms with E-state index in [-0.39, 0.29) is 48.3 Å². The highest BCUT2D eigenvalue weighted by Gasteiger charge is 2.34. The molecule has 0 aromatic heterocycles. The Labute approximate surface area is 219 Å². The molecule has 1 amide bonds. The number of nitrogens with zero attached hydrogens (tertiary/aromatic N) is 1. The first-order chi connectivity index (χ1) is 17.4. The van der Waals surface area contributed by atoms with Crippen LogP contribution in [0.2, 0.25) is 0 Å². The number of aliphatic hydroxyl groups is 1. The molecule has 3 atom stereocenters. The topological polar surface area (TPSA) is 130 Å². The number of amides is 1. The highest BCUT2D eigenvalue weighted by molar-refractivity contribution is 7.91. The lowest BCUT2D eigenvalue weighted by molar-refractivity contribution is 0.0768. The Hall–Kier alpha value is -2.47. The van der Waals surface area contributed by atoms with E-state index in [0.717, 1.165) is 11.1 Å². The largest absolute Gasteiger partial charge is 0.445 e. The molecular formula is C26H36N2O7S2. The Bertz CT molecular complexity index is 1250. The lowest BCUT2D eigenvalue weighted by Crippen LogP contribution is -2.51. The zero-order valence-corrected chi connectivity index (χ0v) is 23.0. The summed E-state index contributed by atoms with van der Waals surface area (Å²) in [7, 11) is -7.15. The van der Waals surface area contributed by atoms with Crippen molar-refractivity contribution in [2.45, 2.75) is 56.8 Å². The van der Waals surface area contributed by atoms with E-state index in [2.05, 4.69) is 5.32 Å². The van der Waals surface area contributed by atoms with E-state index in [4.69, 9.17) is 4.74 Å². The summed E-state index contributed by atoms with van der Waals surface area (Å²) in [6, 6.07) is 14.8. The van der Waals surface area contributed by atoms with Crippen molar-refractivity contribution in [2.75, 3.05) is 24.6 Å². The van der Waals surface area contributed by atoms with Crippen LogP contribution in [0.4, 0.5) is 4.79 Å². The van der Waals surface area contributed by atoms with Gasteiger partial charge in [0.25, 0.3) is 0 Å². The van der Waals surface area contributed by atoms with Gasteiger partial charge in [-0.3, -0.25) is 0 Å². The van der Waals surface area contributed by atoms with Crippen molar-refractivity contribution in [1.82, 2.24) is 9.62 Å². The maximum atomic E-state index is 13.5. The molecule has 11 heteroatoms. The molecule has 204 valence electrons. The molecule has 0 unspecified atom stereocenters. The number of ether oxygens (including phenoxy) is 1. The molecule has 9 nitrogen and oxygen atoms in total. The van der Waals surface area contributed by atoms with Crippen molar-refractivity contribution in [3.05, 3.63) is 65.7 Å². The molecule has 0 radical (unpaired) electrons. The first-order valence-corrected chi connectivity index (χ1v) is 15.6. The van der Waals surface area contributed by atoms with E-state index >= 15 is 0 Å². The van der Waals surface area contributed by atoms with Gasteiger partial charge < -0.3 is 15.2 Å². The number of sulfone groups is 1. The van der Waals surface area contributed by atoms with Gasteiger partial charge in [-0.25, -0.2) is 21.6 Å². The van der Waals surface area contributed by atoms with Crippen LogP contribution in [0.25, 0.3) is 0 Å². The first kappa shape index (κ1) is 29.1. The van der Waals surface area contributed by atoms with E-state index in [1.54, 1.807) is 12.1 Å². The van der Waals surface area contributed by atoms with Crippen molar-refractivity contribution < 1.29 is 31.5 Å². The maximum Gasteiger partial charge on any atom is 0.407 e. The van der Waals surface area contributed by atoms with Crippen LogP contribution in [0, 0.1) is 12.8 Å². The molecule has 2 aromatic rings. The molecule has 3 rings (SSSR count). The number of aliphatic hydroxyl groups excluding tert-OH is 1. The molecule has 1 aliphatic heterocycles. The second-order valence-electron chi connectivity index (χ2n) is 9.97. The highest BCUT2D eigenvalue weighted by Crippen LogP contribution is 2.20.